The average Bonchev–Trinajstić information content (AvgIpc) is 2.63. The normalized spacial score (nSPS) is 12.7. The first-order valence-electron chi connectivity index (χ1n) is 11.7. The van der Waals surface area contributed by atoms with Gasteiger partial charge in [0, 0.05) is 0 Å². The Morgan fingerprint density at radius 2 is 1.11 bits per heavy atom. The van der Waals surface area contributed by atoms with Crippen LogP contribution in [0.1, 0.15) is 129 Å². The smallest absolute Gasteiger partial charge is 0.305 e. The first-order valence-corrected chi connectivity index (χ1v) is 11.7. The van der Waals surface area contributed by atoms with Gasteiger partial charge in [0.15, 0.2) is 0 Å². The van der Waals surface area contributed by atoms with Crippen molar-refractivity contribution in [3.05, 3.63) is 12.2 Å². The van der Waals surface area contributed by atoms with Crippen molar-refractivity contribution in [1.29, 1.82) is 0 Å². The molecule has 0 spiro atoms. The van der Waals surface area contributed by atoms with Crippen LogP contribution in [0.2, 0.25) is 0 Å². The van der Waals surface area contributed by atoms with Crippen molar-refractivity contribution in [2.24, 2.45) is 0 Å². The standard InChI is InChI=1S/C24H46O3/c1-2-3-4-5-6-7-8-9-10-11-12-13-14-15-16-17-18-19-20-21-23(25)22-24(26)27/h9-10,23,25H,2-8,11-22H2,1H3,(H,26,27)/b10-9-. The zero-order valence-corrected chi connectivity index (χ0v) is 18.0. The molecule has 0 amide bonds. The molecule has 27 heavy (non-hydrogen) atoms. The Balaban J connectivity index is 3.14. The van der Waals surface area contributed by atoms with Gasteiger partial charge in [-0.25, -0.2) is 0 Å². The van der Waals surface area contributed by atoms with Crippen LogP contribution < -0.4 is 0 Å². The van der Waals surface area contributed by atoms with Crippen LogP contribution >= 0.6 is 0 Å². The summed E-state index contributed by atoms with van der Waals surface area (Å²) in [6.45, 7) is 2.27. The second-order valence-corrected chi connectivity index (χ2v) is 8.04. The highest BCUT2D eigenvalue weighted by molar-refractivity contribution is 5.67. The minimum atomic E-state index is -0.907. The summed E-state index contributed by atoms with van der Waals surface area (Å²) >= 11 is 0. The first kappa shape index (κ1) is 26.2. The number of hydrogen-bond donors (Lipinski definition) is 2. The Kier molecular flexibility index (Phi) is 20.8. The van der Waals surface area contributed by atoms with E-state index in [4.69, 9.17) is 5.11 Å². The van der Waals surface area contributed by atoms with Gasteiger partial charge in [-0.1, -0.05) is 103 Å². The number of carboxylic acid groups (broad SMARTS) is 1. The molecule has 0 saturated carbocycles. The summed E-state index contributed by atoms with van der Waals surface area (Å²) in [5, 5.41) is 18.1. The van der Waals surface area contributed by atoms with Gasteiger partial charge in [-0.05, 0) is 32.1 Å². The zero-order chi connectivity index (χ0) is 20.0. The van der Waals surface area contributed by atoms with E-state index < -0.39 is 12.1 Å². The van der Waals surface area contributed by atoms with Crippen molar-refractivity contribution >= 4 is 5.97 Å². The molecule has 0 saturated heterocycles. The number of hydrogen-bond acceptors (Lipinski definition) is 2. The Bertz CT molecular complexity index is 339. The number of carbonyl (C=O) groups is 1. The molecular weight excluding hydrogens is 336 g/mol. The third kappa shape index (κ3) is 23.1. The number of aliphatic hydroxyl groups is 1. The van der Waals surface area contributed by atoms with Crippen LogP contribution in [0.15, 0.2) is 12.2 Å². The van der Waals surface area contributed by atoms with Crippen molar-refractivity contribution in [1.82, 2.24) is 0 Å². The number of carboxylic acids is 1. The molecular formula is C24H46O3. The molecule has 0 aliphatic heterocycles. The second kappa shape index (κ2) is 21.5. The van der Waals surface area contributed by atoms with Crippen molar-refractivity contribution in [3.63, 3.8) is 0 Å². The first-order chi connectivity index (χ1) is 13.2. The number of rotatable bonds is 21. The van der Waals surface area contributed by atoms with Gasteiger partial charge < -0.3 is 10.2 Å². The highest BCUT2D eigenvalue weighted by Gasteiger charge is 2.08. The zero-order valence-electron chi connectivity index (χ0n) is 18.0. The van der Waals surface area contributed by atoms with Crippen molar-refractivity contribution < 1.29 is 15.0 Å². The van der Waals surface area contributed by atoms with Crippen molar-refractivity contribution in [3.8, 4) is 0 Å². The Morgan fingerprint density at radius 1 is 0.704 bits per heavy atom. The van der Waals surface area contributed by atoms with Gasteiger partial charge in [-0.2, -0.15) is 0 Å². The van der Waals surface area contributed by atoms with Gasteiger partial charge in [0.05, 0.1) is 12.5 Å². The Morgan fingerprint density at radius 3 is 1.56 bits per heavy atom. The molecule has 0 aromatic heterocycles. The summed E-state index contributed by atoms with van der Waals surface area (Å²) in [4.78, 5) is 10.4. The number of allylic oxidation sites excluding steroid dienone is 2. The molecule has 0 rings (SSSR count). The number of aliphatic carboxylic acids is 1. The maximum absolute atomic E-state index is 10.4. The minimum Gasteiger partial charge on any atom is -0.481 e. The lowest BCUT2D eigenvalue weighted by atomic mass is 10.0. The van der Waals surface area contributed by atoms with Crippen LogP contribution in [-0.2, 0) is 4.79 Å². The highest BCUT2D eigenvalue weighted by Crippen LogP contribution is 2.13. The molecule has 2 N–H and O–H groups in total. The van der Waals surface area contributed by atoms with Gasteiger partial charge in [0.2, 0.25) is 0 Å². The van der Waals surface area contributed by atoms with Crippen molar-refractivity contribution in [2.45, 2.75) is 135 Å². The van der Waals surface area contributed by atoms with Gasteiger partial charge >= 0.3 is 5.97 Å². The van der Waals surface area contributed by atoms with E-state index in [1.54, 1.807) is 0 Å². The quantitative estimate of drug-likeness (QED) is 0.160. The molecule has 0 aromatic rings. The lowest BCUT2D eigenvalue weighted by molar-refractivity contribution is -0.139. The molecule has 160 valence electrons. The summed E-state index contributed by atoms with van der Waals surface area (Å²) in [5.41, 5.74) is 0. The van der Waals surface area contributed by atoms with E-state index in [9.17, 15) is 9.90 Å². The largest absolute Gasteiger partial charge is 0.481 e. The molecule has 1 atom stereocenters. The predicted octanol–water partition coefficient (Wildman–Crippen LogP) is 7.42. The van der Waals surface area contributed by atoms with Gasteiger partial charge in [-0.15, -0.1) is 0 Å². The van der Waals surface area contributed by atoms with Crippen LogP contribution in [0.4, 0.5) is 0 Å². The van der Waals surface area contributed by atoms with Crippen LogP contribution in [0.25, 0.3) is 0 Å². The van der Waals surface area contributed by atoms with Crippen LogP contribution in [0, 0.1) is 0 Å². The van der Waals surface area contributed by atoms with E-state index in [2.05, 4.69) is 19.1 Å². The third-order valence-corrected chi connectivity index (χ3v) is 5.21. The maximum atomic E-state index is 10.4. The molecule has 0 radical (unpaired) electrons. The summed E-state index contributed by atoms with van der Waals surface area (Å²) in [6, 6.07) is 0. The van der Waals surface area contributed by atoms with E-state index in [0.717, 1.165) is 12.8 Å². The number of unbranched alkanes of at least 4 members (excludes halogenated alkanes) is 15. The van der Waals surface area contributed by atoms with E-state index in [1.807, 2.05) is 0 Å². The molecule has 0 aliphatic carbocycles. The SMILES string of the molecule is CCCCCCCC/C=C\CCCCCCCCCCCC(O)CC(=O)O. The van der Waals surface area contributed by atoms with E-state index in [0.29, 0.717) is 6.42 Å². The molecule has 0 bridgehead atoms. The van der Waals surface area contributed by atoms with Crippen LogP contribution in [-0.4, -0.2) is 22.3 Å². The van der Waals surface area contributed by atoms with Crippen LogP contribution in [0.5, 0.6) is 0 Å². The predicted molar refractivity (Wildman–Crippen MR) is 116 cm³/mol. The molecule has 3 nitrogen and oxygen atoms in total. The van der Waals surface area contributed by atoms with Gasteiger partial charge in [-0.3, -0.25) is 4.79 Å². The maximum Gasteiger partial charge on any atom is 0.305 e. The van der Waals surface area contributed by atoms with E-state index in [-0.39, 0.29) is 6.42 Å². The lowest BCUT2D eigenvalue weighted by Gasteiger charge is -2.07. The van der Waals surface area contributed by atoms with Gasteiger partial charge in [0.1, 0.15) is 0 Å². The summed E-state index contributed by atoms with van der Waals surface area (Å²) in [5.74, 6) is -0.907. The van der Waals surface area contributed by atoms with Crippen molar-refractivity contribution in [2.75, 3.05) is 0 Å². The molecule has 0 aliphatic rings. The molecule has 0 heterocycles. The molecule has 3 heteroatoms. The molecule has 1 unspecified atom stereocenters. The Hall–Kier alpha value is -0.830. The summed E-state index contributed by atoms with van der Waals surface area (Å²) in [7, 11) is 0. The van der Waals surface area contributed by atoms with E-state index >= 15 is 0 Å². The summed E-state index contributed by atoms with van der Waals surface area (Å²) < 4.78 is 0. The monoisotopic (exact) mass is 382 g/mol. The highest BCUT2D eigenvalue weighted by atomic mass is 16.4. The average molecular weight is 383 g/mol. The fourth-order valence-corrected chi connectivity index (χ4v) is 3.46. The third-order valence-electron chi connectivity index (χ3n) is 5.21. The van der Waals surface area contributed by atoms with E-state index in [1.165, 1.54) is 96.3 Å². The molecule has 0 aromatic carbocycles. The molecule has 0 fully saturated rings. The second-order valence-electron chi connectivity index (χ2n) is 8.04. The van der Waals surface area contributed by atoms with Gasteiger partial charge in [0.25, 0.3) is 0 Å². The fraction of sp³-hybridized carbons (Fsp3) is 0.875. The minimum absolute atomic E-state index is 0.117. The lowest BCUT2D eigenvalue weighted by Crippen LogP contribution is -2.12. The summed E-state index contributed by atoms with van der Waals surface area (Å²) in [6.07, 6.45) is 26.6. The topological polar surface area (TPSA) is 57.5 Å². The Labute approximate surface area is 168 Å². The number of aliphatic hydroxyl groups excluding tert-OH is 1. The van der Waals surface area contributed by atoms with Crippen LogP contribution in [0.3, 0.4) is 0 Å². The fourth-order valence-electron chi connectivity index (χ4n) is 3.46.